The van der Waals surface area contributed by atoms with E-state index in [2.05, 4.69) is 36.2 Å². The van der Waals surface area contributed by atoms with Crippen molar-refractivity contribution in [3.8, 4) is 11.3 Å². The normalized spacial score (nSPS) is 17.5. The van der Waals surface area contributed by atoms with Gasteiger partial charge in [0.15, 0.2) is 0 Å². The second-order valence-corrected chi connectivity index (χ2v) is 8.57. The molecule has 0 saturated heterocycles. The highest BCUT2D eigenvalue weighted by atomic mass is 32.2. The monoisotopic (exact) mass is 354 g/mol. The van der Waals surface area contributed by atoms with Crippen molar-refractivity contribution in [2.45, 2.75) is 63.0 Å². The fourth-order valence-corrected chi connectivity index (χ4v) is 5.49. The van der Waals surface area contributed by atoms with E-state index in [1.807, 2.05) is 11.8 Å². The van der Waals surface area contributed by atoms with Crippen LogP contribution in [0.5, 0.6) is 0 Å². The fourth-order valence-electron chi connectivity index (χ4n) is 4.53. The summed E-state index contributed by atoms with van der Waals surface area (Å²) in [6.45, 7) is 2.21. The van der Waals surface area contributed by atoms with E-state index in [0.717, 1.165) is 47.8 Å². The molecule has 0 unspecified atom stereocenters. The number of rotatable bonds is 5. The molecular formula is C21H26N2OS. The van der Waals surface area contributed by atoms with Crippen molar-refractivity contribution in [2.75, 3.05) is 5.75 Å². The summed E-state index contributed by atoms with van der Waals surface area (Å²) in [7, 11) is 0. The minimum Gasteiger partial charge on any atom is -0.310 e. The smallest absolute Gasteiger partial charge is 0.255 e. The van der Waals surface area contributed by atoms with Gasteiger partial charge in [-0.2, -0.15) is 11.8 Å². The van der Waals surface area contributed by atoms with Crippen LogP contribution in [-0.4, -0.2) is 15.7 Å². The van der Waals surface area contributed by atoms with Crippen molar-refractivity contribution in [3.63, 3.8) is 0 Å². The number of aromatic amines is 1. The zero-order chi connectivity index (χ0) is 17.3. The summed E-state index contributed by atoms with van der Waals surface area (Å²) in [5.74, 6) is 2.74. The first-order valence-electron chi connectivity index (χ1n) is 9.53. The highest BCUT2D eigenvalue weighted by Crippen LogP contribution is 2.49. The molecule has 1 heterocycles. The van der Waals surface area contributed by atoms with Gasteiger partial charge in [0.25, 0.3) is 5.56 Å². The van der Waals surface area contributed by atoms with Gasteiger partial charge >= 0.3 is 0 Å². The lowest BCUT2D eigenvalue weighted by Gasteiger charge is -2.35. The van der Waals surface area contributed by atoms with E-state index < -0.39 is 0 Å². The molecule has 0 bridgehead atoms. The number of hydrogen-bond donors (Lipinski definition) is 1. The maximum Gasteiger partial charge on any atom is 0.255 e. The van der Waals surface area contributed by atoms with Gasteiger partial charge in [-0.15, -0.1) is 0 Å². The SMILES string of the molecule is CCCCSCc1nc2c(c(=O)[nH]1)C1(CCCC1)Cc1ccccc1-2. The lowest BCUT2D eigenvalue weighted by molar-refractivity contribution is 0.426. The molecule has 2 aliphatic rings. The van der Waals surface area contributed by atoms with Gasteiger partial charge in [-0.25, -0.2) is 4.98 Å². The van der Waals surface area contributed by atoms with Crippen LogP contribution in [0.1, 0.15) is 62.4 Å². The van der Waals surface area contributed by atoms with E-state index in [9.17, 15) is 4.79 Å². The van der Waals surface area contributed by atoms with E-state index >= 15 is 0 Å². The molecule has 0 aliphatic heterocycles. The lowest BCUT2D eigenvalue weighted by atomic mass is 9.68. The molecule has 0 amide bonds. The molecule has 4 rings (SSSR count). The van der Waals surface area contributed by atoms with E-state index in [1.54, 1.807) is 0 Å². The molecule has 1 N–H and O–H groups in total. The average molecular weight is 355 g/mol. The Morgan fingerprint density at radius 3 is 2.84 bits per heavy atom. The Kier molecular flexibility index (Phi) is 4.72. The van der Waals surface area contributed by atoms with Crippen LogP contribution < -0.4 is 5.56 Å². The molecule has 1 aromatic carbocycles. The van der Waals surface area contributed by atoms with Crippen LogP contribution in [0.15, 0.2) is 29.1 Å². The Hall–Kier alpha value is -1.55. The minimum atomic E-state index is 0.0121. The molecule has 4 heteroatoms. The van der Waals surface area contributed by atoms with Gasteiger partial charge < -0.3 is 4.98 Å². The molecule has 1 aromatic heterocycles. The van der Waals surface area contributed by atoms with Crippen molar-refractivity contribution in [1.82, 2.24) is 9.97 Å². The number of nitrogens with one attached hydrogen (secondary N) is 1. The summed E-state index contributed by atoms with van der Waals surface area (Å²) in [5.41, 5.74) is 4.57. The number of thioether (sulfide) groups is 1. The van der Waals surface area contributed by atoms with E-state index in [4.69, 9.17) is 4.98 Å². The third-order valence-electron chi connectivity index (χ3n) is 5.74. The summed E-state index contributed by atoms with van der Waals surface area (Å²) in [4.78, 5) is 21.1. The van der Waals surface area contributed by atoms with Gasteiger partial charge in [-0.1, -0.05) is 50.5 Å². The maximum atomic E-state index is 13.0. The van der Waals surface area contributed by atoms with Crippen LogP contribution in [0.3, 0.4) is 0 Å². The molecule has 2 aliphatic carbocycles. The zero-order valence-electron chi connectivity index (χ0n) is 14.9. The summed E-state index contributed by atoms with van der Waals surface area (Å²) in [6, 6.07) is 8.53. The highest BCUT2D eigenvalue weighted by Gasteiger charge is 2.43. The number of fused-ring (bicyclic) bond motifs is 4. The summed E-state index contributed by atoms with van der Waals surface area (Å²) in [5, 5.41) is 0. The fraction of sp³-hybridized carbons (Fsp3) is 0.524. The Morgan fingerprint density at radius 2 is 2.04 bits per heavy atom. The maximum absolute atomic E-state index is 13.0. The minimum absolute atomic E-state index is 0.0121. The summed E-state index contributed by atoms with van der Waals surface area (Å²) in [6.07, 6.45) is 8.08. The number of aromatic nitrogens is 2. The average Bonchev–Trinajstić information content (AvgIpc) is 3.07. The van der Waals surface area contributed by atoms with Crippen molar-refractivity contribution < 1.29 is 0 Å². The number of H-pyrrole nitrogens is 1. The summed E-state index contributed by atoms with van der Waals surface area (Å²) < 4.78 is 0. The number of benzene rings is 1. The lowest BCUT2D eigenvalue weighted by Crippen LogP contribution is -2.37. The Labute approximate surface area is 153 Å². The first kappa shape index (κ1) is 16.9. The van der Waals surface area contributed by atoms with Crippen LogP contribution in [0, 0.1) is 0 Å². The van der Waals surface area contributed by atoms with E-state index in [0.29, 0.717) is 0 Å². The zero-order valence-corrected chi connectivity index (χ0v) is 15.8. The molecule has 0 atom stereocenters. The van der Waals surface area contributed by atoms with Crippen LogP contribution >= 0.6 is 11.8 Å². The highest BCUT2D eigenvalue weighted by molar-refractivity contribution is 7.98. The van der Waals surface area contributed by atoms with Crippen LogP contribution in [0.4, 0.5) is 0 Å². The molecule has 0 radical (unpaired) electrons. The first-order chi connectivity index (χ1) is 12.2. The van der Waals surface area contributed by atoms with Crippen LogP contribution in [-0.2, 0) is 17.6 Å². The summed E-state index contributed by atoms with van der Waals surface area (Å²) >= 11 is 1.86. The van der Waals surface area contributed by atoms with E-state index in [1.165, 1.54) is 36.8 Å². The number of unbranched alkanes of at least 4 members (excludes halogenated alkanes) is 1. The van der Waals surface area contributed by atoms with Gasteiger partial charge in [0.1, 0.15) is 5.82 Å². The van der Waals surface area contributed by atoms with Gasteiger partial charge in [-0.3, -0.25) is 4.79 Å². The molecular weight excluding hydrogens is 328 g/mol. The molecule has 1 fully saturated rings. The van der Waals surface area contributed by atoms with Crippen molar-refractivity contribution in [2.24, 2.45) is 0 Å². The van der Waals surface area contributed by atoms with Crippen molar-refractivity contribution in [1.29, 1.82) is 0 Å². The topological polar surface area (TPSA) is 45.8 Å². The second-order valence-electron chi connectivity index (χ2n) is 7.46. The van der Waals surface area contributed by atoms with Gasteiger partial charge in [0.2, 0.25) is 0 Å². The quantitative estimate of drug-likeness (QED) is 0.782. The van der Waals surface area contributed by atoms with Crippen LogP contribution in [0.2, 0.25) is 0 Å². The van der Waals surface area contributed by atoms with E-state index in [-0.39, 0.29) is 11.0 Å². The number of nitrogens with zero attached hydrogens (tertiary/aromatic N) is 1. The van der Waals surface area contributed by atoms with Crippen LogP contribution in [0.25, 0.3) is 11.3 Å². The third kappa shape index (κ3) is 3.05. The predicted molar refractivity (Wildman–Crippen MR) is 105 cm³/mol. The van der Waals surface area contributed by atoms with Gasteiger partial charge in [0, 0.05) is 11.0 Å². The van der Waals surface area contributed by atoms with Crippen molar-refractivity contribution >= 4 is 11.8 Å². The Balaban J connectivity index is 1.77. The Bertz CT molecular complexity index is 821. The number of hydrogen-bond acceptors (Lipinski definition) is 3. The first-order valence-corrected chi connectivity index (χ1v) is 10.7. The molecule has 1 saturated carbocycles. The largest absolute Gasteiger partial charge is 0.310 e. The molecule has 25 heavy (non-hydrogen) atoms. The van der Waals surface area contributed by atoms with Gasteiger partial charge in [-0.05, 0) is 37.0 Å². The molecule has 132 valence electrons. The molecule has 1 spiro atoms. The standard InChI is InChI=1S/C21H26N2OS/c1-2-3-12-25-14-17-22-19-16-9-5-4-8-15(16)13-21(10-6-7-11-21)18(19)20(24)23-17/h4-5,8-9H,2-3,6-7,10-14H2,1H3,(H,22,23,24). The molecule has 3 nitrogen and oxygen atoms in total. The molecule has 2 aromatic rings. The second kappa shape index (κ2) is 6.99. The van der Waals surface area contributed by atoms with Gasteiger partial charge in [0.05, 0.1) is 17.0 Å². The van der Waals surface area contributed by atoms with Crippen molar-refractivity contribution in [3.05, 3.63) is 51.6 Å². The predicted octanol–water partition coefficient (Wildman–Crippen LogP) is 4.84. The third-order valence-corrected chi connectivity index (χ3v) is 6.80. The Morgan fingerprint density at radius 1 is 1.24 bits per heavy atom.